The fourth-order valence-corrected chi connectivity index (χ4v) is 1.68. The van der Waals surface area contributed by atoms with Crippen LogP contribution in [0.5, 0.6) is 0 Å². The molecule has 1 aliphatic heterocycles. The number of hydrogen-bond donors (Lipinski definition) is 2. The maximum Gasteiger partial charge on any atom is 0.185 e. The van der Waals surface area contributed by atoms with E-state index in [1.807, 2.05) is 0 Å². The van der Waals surface area contributed by atoms with Crippen LogP contribution in [0.1, 0.15) is 0 Å². The number of rotatable bonds is 5. The van der Waals surface area contributed by atoms with Gasteiger partial charge in [-0.1, -0.05) is 0 Å². The Morgan fingerprint density at radius 1 is 1.13 bits per heavy atom. The van der Waals surface area contributed by atoms with E-state index in [0.29, 0.717) is 0 Å². The van der Waals surface area contributed by atoms with E-state index in [4.69, 9.17) is 18.9 Å². The van der Waals surface area contributed by atoms with Crippen LogP contribution < -0.4 is 0 Å². The zero-order valence-electron chi connectivity index (χ0n) is 9.12. The van der Waals surface area contributed by atoms with Gasteiger partial charge in [0, 0.05) is 21.3 Å². The molecule has 0 unspecified atom stereocenters. The van der Waals surface area contributed by atoms with Gasteiger partial charge in [0.15, 0.2) is 6.29 Å². The van der Waals surface area contributed by atoms with Crippen LogP contribution in [-0.2, 0) is 18.9 Å². The molecule has 6 heteroatoms. The minimum atomic E-state index is -0.984. The van der Waals surface area contributed by atoms with Crippen LogP contribution in [0.3, 0.4) is 0 Å². The highest BCUT2D eigenvalue weighted by Gasteiger charge is 2.43. The molecule has 0 radical (unpaired) electrons. The van der Waals surface area contributed by atoms with E-state index in [9.17, 15) is 10.2 Å². The number of ether oxygens (including phenoxy) is 4. The molecule has 1 saturated heterocycles. The van der Waals surface area contributed by atoms with E-state index >= 15 is 0 Å². The zero-order chi connectivity index (χ0) is 11.4. The lowest BCUT2D eigenvalue weighted by Crippen LogP contribution is -2.47. The third-order valence-electron chi connectivity index (χ3n) is 2.52. The lowest BCUT2D eigenvalue weighted by Gasteiger charge is -2.29. The summed E-state index contributed by atoms with van der Waals surface area (Å²) in [6.07, 6.45) is -3.73. The molecule has 0 aromatic heterocycles. The first kappa shape index (κ1) is 12.8. The van der Waals surface area contributed by atoms with Gasteiger partial charge in [-0.05, 0) is 0 Å². The van der Waals surface area contributed by atoms with Crippen molar-refractivity contribution in [3.63, 3.8) is 0 Å². The summed E-state index contributed by atoms with van der Waals surface area (Å²) in [5.41, 5.74) is 0. The molecule has 0 amide bonds. The Balaban J connectivity index is 2.65. The van der Waals surface area contributed by atoms with E-state index in [0.717, 1.165) is 0 Å². The minimum absolute atomic E-state index is 0.0891. The van der Waals surface area contributed by atoms with Gasteiger partial charge < -0.3 is 29.2 Å². The molecule has 4 atom stereocenters. The largest absolute Gasteiger partial charge is 0.388 e. The van der Waals surface area contributed by atoms with Gasteiger partial charge in [0.05, 0.1) is 6.61 Å². The predicted molar refractivity (Wildman–Crippen MR) is 50.4 cm³/mol. The average Bonchev–Trinajstić information content (AvgIpc) is 2.57. The normalized spacial score (nSPS) is 33.6. The first-order valence-electron chi connectivity index (χ1n) is 4.71. The Morgan fingerprint density at radius 2 is 1.73 bits per heavy atom. The molecule has 15 heavy (non-hydrogen) atoms. The molecule has 0 aliphatic carbocycles. The second-order valence-corrected chi connectivity index (χ2v) is 3.40. The van der Waals surface area contributed by atoms with Crippen molar-refractivity contribution in [1.82, 2.24) is 0 Å². The van der Waals surface area contributed by atoms with Gasteiger partial charge in [-0.3, -0.25) is 0 Å². The van der Waals surface area contributed by atoms with Crippen LogP contribution in [0, 0.1) is 0 Å². The van der Waals surface area contributed by atoms with Crippen LogP contribution in [-0.4, -0.2) is 68.9 Å². The van der Waals surface area contributed by atoms with Gasteiger partial charge in [-0.15, -0.1) is 0 Å². The average molecular weight is 222 g/mol. The van der Waals surface area contributed by atoms with Gasteiger partial charge in [0.1, 0.15) is 24.4 Å². The second kappa shape index (κ2) is 5.74. The summed E-state index contributed by atoms with van der Waals surface area (Å²) >= 11 is 0. The van der Waals surface area contributed by atoms with Crippen LogP contribution in [0.25, 0.3) is 0 Å². The Morgan fingerprint density at radius 3 is 2.07 bits per heavy atom. The highest BCUT2D eigenvalue weighted by molar-refractivity contribution is 4.90. The summed E-state index contributed by atoms with van der Waals surface area (Å²) in [4.78, 5) is 0. The monoisotopic (exact) mass is 222 g/mol. The molecular weight excluding hydrogens is 204 g/mol. The standard InChI is InChI=1S/C9H18O6/c1-12-8(9(13-2)14-3)7-6(11)5(10)4-15-7/h5-11H,4H2,1-3H3/t5-,6+,7+,8-/m0/s1. The minimum Gasteiger partial charge on any atom is -0.388 e. The summed E-state index contributed by atoms with van der Waals surface area (Å²) in [6, 6.07) is 0. The summed E-state index contributed by atoms with van der Waals surface area (Å²) < 4.78 is 20.4. The maximum atomic E-state index is 9.63. The summed E-state index contributed by atoms with van der Waals surface area (Å²) in [5, 5.41) is 19.0. The SMILES string of the molecule is COC(OC)[C@@H](OC)[C@@H]1OC[C@H](O)[C@H]1O. The Hall–Kier alpha value is -0.240. The lowest BCUT2D eigenvalue weighted by molar-refractivity contribution is -0.210. The van der Waals surface area contributed by atoms with Gasteiger partial charge in [0.2, 0.25) is 0 Å². The molecule has 1 aliphatic rings. The van der Waals surface area contributed by atoms with Crippen molar-refractivity contribution in [2.24, 2.45) is 0 Å². The van der Waals surface area contributed by atoms with Crippen molar-refractivity contribution in [3.8, 4) is 0 Å². The molecule has 0 aromatic rings. The first-order valence-corrected chi connectivity index (χ1v) is 4.71. The first-order chi connectivity index (χ1) is 7.15. The molecule has 1 rings (SSSR count). The fourth-order valence-electron chi connectivity index (χ4n) is 1.68. The molecule has 0 saturated carbocycles. The van der Waals surface area contributed by atoms with E-state index in [1.165, 1.54) is 21.3 Å². The van der Waals surface area contributed by atoms with E-state index in [1.54, 1.807) is 0 Å². The summed E-state index contributed by atoms with van der Waals surface area (Å²) in [5.74, 6) is 0. The highest BCUT2D eigenvalue weighted by atomic mass is 16.7. The van der Waals surface area contributed by atoms with Crippen molar-refractivity contribution in [2.45, 2.75) is 30.7 Å². The molecule has 6 nitrogen and oxygen atoms in total. The molecule has 1 heterocycles. The number of hydrogen-bond acceptors (Lipinski definition) is 6. The quantitative estimate of drug-likeness (QED) is 0.565. The van der Waals surface area contributed by atoms with Crippen molar-refractivity contribution < 1.29 is 29.2 Å². The van der Waals surface area contributed by atoms with Gasteiger partial charge in [0.25, 0.3) is 0 Å². The predicted octanol–water partition coefficient (Wildman–Crippen LogP) is -1.26. The van der Waals surface area contributed by atoms with Crippen molar-refractivity contribution >= 4 is 0 Å². The van der Waals surface area contributed by atoms with Crippen molar-refractivity contribution in [1.29, 1.82) is 0 Å². The molecule has 1 fully saturated rings. The Bertz CT molecular complexity index is 183. The van der Waals surface area contributed by atoms with Crippen LogP contribution in [0.4, 0.5) is 0 Å². The van der Waals surface area contributed by atoms with E-state index in [-0.39, 0.29) is 6.61 Å². The summed E-state index contributed by atoms with van der Waals surface area (Å²) in [6.45, 7) is 0.0891. The highest BCUT2D eigenvalue weighted by Crippen LogP contribution is 2.22. The third-order valence-corrected chi connectivity index (χ3v) is 2.52. The molecule has 0 spiro atoms. The van der Waals surface area contributed by atoms with Crippen LogP contribution in [0.15, 0.2) is 0 Å². The van der Waals surface area contributed by atoms with Crippen LogP contribution >= 0.6 is 0 Å². The van der Waals surface area contributed by atoms with Crippen molar-refractivity contribution in [3.05, 3.63) is 0 Å². The maximum absolute atomic E-state index is 9.63. The van der Waals surface area contributed by atoms with Gasteiger partial charge in [-0.2, -0.15) is 0 Å². The lowest BCUT2D eigenvalue weighted by atomic mass is 10.1. The second-order valence-electron chi connectivity index (χ2n) is 3.40. The van der Waals surface area contributed by atoms with Gasteiger partial charge in [-0.25, -0.2) is 0 Å². The molecule has 2 N–H and O–H groups in total. The Labute approximate surface area is 88.7 Å². The molecule has 90 valence electrons. The third kappa shape index (κ3) is 2.66. The van der Waals surface area contributed by atoms with Crippen molar-refractivity contribution in [2.75, 3.05) is 27.9 Å². The number of methoxy groups -OCH3 is 3. The smallest absolute Gasteiger partial charge is 0.185 e. The van der Waals surface area contributed by atoms with E-state index in [2.05, 4.69) is 0 Å². The molecule has 0 bridgehead atoms. The summed E-state index contributed by atoms with van der Waals surface area (Å²) in [7, 11) is 4.41. The van der Waals surface area contributed by atoms with Crippen LogP contribution in [0.2, 0.25) is 0 Å². The topological polar surface area (TPSA) is 77.4 Å². The molecule has 0 aromatic carbocycles. The fraction of sp³-hybridized carbons (Fsp3) is 1.00. The Kier molecular flexibility index (Phi) is 4.91. The molecular formula is C9H18O6. The van der Waals surface area contributed by atoms with E-state index < -0.39 is 30.7 Å². The van der Waals surface area contributed by atoms with Gasteiger partial charge >= 0.3 is 0 Å². The number of aliphatic hydroxyl groups is 2. The number of aliphatic hydroxyl groups excluding tert-OH is 2. The zero-order valence-corrected chi connectivity index (χ0v) is 9.12.